The van der Waals surface area contributed by atoms with Crippen molar-refractivity contribution >= 4 is 34.3 Å². The number of fused-ring (bicyclic) bond motifs is 1. The Morgan fingerprint density at radius 1 is 1.32 bits per heavy atom. The maximum atomic E-state index is 12.5. The van der Waals surface area contributed by atoms with Crippen LogP contribution in [0.25, 0.3) is 0 Å². The lowest BCUT2D eigenvalue weighted by molar-refractivity contribution is -0.133. The molecule has 1 aromatic heterocycles. The molecule has 7 nitrogen and oxygen atoms in total. The van der Waals surface area contributed by atoms with E-state index in [4.69, 9.17) is 4.74 Å². The van der Waals surface area contributed by atoms with Gasteiger partial charge in [0.1, 0.15) is 5.75 Å². The van der Waals surface area contributed by atoms with Crippen LogP contribution < -0.4 is 10.1 Å². The number of thiazole rings is 1. The number of carbonyl (C=O) groups excluding carboxylic acids is 3. The Morgan fingerprint density at radius 3 is 2.82 bits per heavy atom. The third-order valence-corrected chi connectivity index (χ3v) is 5.24. The minimum absolute atomic E-state index is 0.155. The molecular weight excluding hydrogens is 378 g/mol. The van der Waals surface area contributed by atoms with Crippen molar-refractivity contribution in [1.82, 2.24) is 9.88 Å². The molecule has 0 unspecified atom stereocenters. The monoisotopic (exact) mass is 401 g/mol. The highest BCUT2D eigenvalue weighted by Gasteiger charge is 2.25. The first-order valence-corrected chi connectivity index (χ1v) is 9.99. The number of hydrogen-bond donors (Lipinski definition) is 1. The Balaban J connectivity index is 1.67. The van der Waals surface area contributed by atoms with Crippen molar-refractivity contribution in [2.24, 2.45) is 5.92 Å². The lowest BCUT2D eigenvalue weighted by atomic mass is 10.1. The van der Waals surface area contributed by atoms with E-state index in [2.05, 4.69) is 10.3 Å². The fraction of sp³-hybridized carbons (Fsp3) is 0.400. The molecule has 0 saturated heterocycles. The summed E-state index contributed by atoms with van der Waals surface area (Å²) in [5.41, 5.74) is 1.31. The van der Waals surface area contributed by atoms with Crippen LogP contribution in [0.2, 0.25) is 0 Å². The Morgan fingerprint density at radius 2 is 2.11 bits per heavy atom. The summed E-state index contributed by atoms with van der Waals surface area (Å²) in [6.45, 7) is 6.56. The van der Waals surface area contributed by atoms with Gasteiger partial charge in [-0.15, -0.1) is 0 Å². The second-order valence-corrected chi connectivity index (χ2v) is 8.21. The van der Waals surface area contributed by atoms with Crippen molar-refractivity contribution in [1.29, 1.82) is 0 Å². The predicted molar refractivity (Wildman–Crippen MR) is 106 cm³/mol. The maximum absolute atomic E-state index is 12.5. The molecule has 28 heavy (non-hydrogen) atoms. The highest BCUT2D eigenvalue weighted by Crippen LogP contribution is 2.29. The molecule has 2 heterocycles. The quantitative estimate of drug-likeness (QED) is 0.614. The second kappa shape index (κ2) is 8.52. The van der Waals surface area contributed by atoms with Crippen molar-refractivity contribution < 1.29 is 19.1 Å². The average Bonchev–Trinajstić information content (AvgIpc) is 3.02. The SMILES string of the molecule is CC(=O)Oc1cccc(C(=O)Nc2nc3c(s2)CN(C(=O)CC(C)C)CC3)c1. The van der Waals surface area contributed by atoms with Gasteiger partial charge in [-0.05, 0) is 24.1 Å². The van der Waals surface area contributed by atoms with Crippen LogP contribution in [0.3, 0.4) is 0 Å². The summed E-state index contributed by atoms with van der Waals surface area (Å²) in [4.78, 5) is 43.2. The number of rotatable bonds is 5. The van der Waals surface area contributed by atoms with Crippen LogP contribution in [0.5, 0.6) is 5.75 Å². The first-order valence-electron chi connectivity index (χ1n) is 9.18. The molecule has 148 valence electrons. The van der Waals surface area contributed by atoms with Gasteiger partial charge in [-0.2, -0.15) is 0 Å². The van der Waals surface area contributed by atoms with Crippen LogP contribution in [0.4, 0.5) is 5.13 Å². The number of hydrogen-bond acceptors (Lipinski definition) is 6. The topological polar surface area (TPSA) is 88.6 Å². The van der Waals surface area contributed by atoms with Crippen LogP contribution in [0.1, 0.15) is 48.1 Å². The molecule has 0 atom stereocenters. The van der Waals surface area contributed by atoms with Gasteiger partial charge in [-0.3, -0.25) is 19.7 Å². The zero-order chi connectivity index (χ0) is 20.3. The van der Waals surface area contributed by atoms with Crippen LogP contribution in [0, 0.1) is 5.92 Å². The lowest BCUT2D eigenvalue weighted by Crippen LogP contribution is -2.36. The van der Waals surface area contributed by atoms with E-state index < -0.39 is 5.97 Å². The highest BCUT2D eigenvalue weighted by atomic mass is 32.1. The summed E-state index contributed by atoms with van der Waals surface area (Å²) < 4.78 is 5.01. The van der Waals surface area contributed by atoms with Crippen molar-refractivity contribution in [3.05, 3.63) is 40.4 Å². The Kier molecular flexibility index (Phi) is 6.08. The number of anilines is 1. The number of ether oxygens (including phenoxy) is 1. The van der Waals surface area contributed by atoms with Crippen molar-refractivity contribution in [3.63, 3.8) is 0 Å². The van der Waals surface area contributed by atoms with Crippen LogP contribution in [0.15, 0.2) is 24.3 Å². The van der Waals surface area contributed by atoms with E-state index in [1.165, 1.54) is 24.3 Å². The molecule has 3 rings (SSSR count). The van der Waals surface area contributed by atoms with E-state index in [1.54, 1.807) is 18.2 Å². The van der Waals surface area contributed by atoms with Gasteiger partial charge in [0, 0.05) is 36.8 Å². The smallest absolute Gasteiger partial charge is 0.308 e. The number of nitrogens with zero attached hydrogens (tertiary/aromatic N) is 2. The summed E-state index contributed by atoms with van der Waals surface area (Å²) in [5, 5.41) is 3.30. The van der Waals surface area contributed by atoms with E-state index in [9.17, 15) is 14.4 Å². The molecule has 2 aromatic rings. The molecule has 0 bridgehead atoms. The highest BCUT2D eigenvalue weighted by molar-refractivity contribution is 7.15. The van der Waals surface area contributed by atoms with Crippen LogP contribution in [-0.4, -0.2) is 34.2 Å². The van der Waals surface area contributed by atoms with Gasteiger partial charge >= 0.3 is 5.97 Å². The maximum Gasteiger partial charge on any atom is 0.308 e. The summed E-state index contributed by atoms with van der Waals surface area (Å²) in [6.07, 6.45) is 1.23. The normalized spacial score (nSPS) is 13.2. The van der Waals surface area contributed by atoms with Gasteiger partial charge in [-0.1, -0.05) is 31.3 Å². The van der Waals surface area contributed by atoms with Crippen LogP contribution in [-0.2, 0) is 22.6 Å². The van der Waals surface area contributed by atoms with Gasteiger partial charge < -0.3 is 9.64 Å². The van der Waals surface area contributed by atoms with Gasteiger partial charge in [0.2, 0.25) is 5.91 Å². The summed E-state index contributed by atoms with van der Waals surface area (Å²) in [5.74, 6) is 0.0299. The molecule has 0 aliphatic carbocycles. The average molecular weight is 401 g/mol. The molecule has 1 N–H and O–H groups in total. The minimum atomic E-state index is -0.443. The molecule has 1 aliphatic heterocycles. The summed E-state index contributed by atoms with van der Waals surface area (Å²) in [7, 11) is 0. The molecule has 0 radical (unpaired) electrons. The summed E-state index contributed by atoms with van der Waals surface area (Å²) in [6, 6.07) is 6.42. The van der Waals surface area contributed by atoms with E-state index in [0.29, 0.717) is 48.3 Å². The van der Waals surface area contributed by atoms with Gasteiger partial charge in [0.15, 0.2) is 5.13 Å². The fourth-order valence-corrected chi connectivity index (χ4v) is 4.00. The fourth-order valence-electron chi connectivity index (χ4n) is 2.98. The first kappa shape index (κ1) is 20.0. The molecule has 0 fully saturated rings. The molecule has 0 spiro atoms. The Hall–Kier alpha value is -2.74. The van der Waals surface area contributed by atoms with E-state index in [0.717, 1.165) is 10.6 Å². The number of amides is 2. The minimum Gasteiger partial charge on any atom is -0.427 e. The molecule has 0 saturated carbocycles. The first-order chi connectivity index (χ1) is 13.3. The standard InChI is InChI=1S/C20H23N3O4S/c1-12(2)9-18(25)23-8-7-16-17(11-23)28-20(21-16)22-19(26)14-5-4-6-15(10-14)27-13(3)24/h4-6,10,12H,7-9,11H2,1-3H3,(H,21,22,26). The van der Waals surface area contributed by atoms with Crippen molar-refractivity contribution in [2.45, 2.75) is 40.2 Å². The molecule has 1 aromatic carbocycles. The molecule has 8 heteroatoms. The molecule has 1 aliphatic rings. The zero-order valence-electron chi connectivity index (χ0n) is 16.2. The zero-order valence-corrected chi connectivity index (χ0v) is 17.0. The third kappa shape index (κ3) is 4.95. The molecular formula is C20H23N3O4S. The number of aromatic nitrogens is 1. The van der Waals surface area contributed by atoms with Gasteiger partial charge in [0.05, 0.1) is 12.2 Å². The van der Waals surface area contributed by atoms with E-state index >= 15 is 0 Å². The Labute approximate surface area is 167 Å². The molecule has 2 amide bonds. The van der Waals surface area contributed by atoms with Gasteiger partial charge in [0.25, 0.3) is 5.91 Å². The summed E-state index contributed by atoms with van der Waals surface area (Å²) >= 11 is 1.39. The largest absolute Gasteiger partial charge is 0.427 e. The van der Waals surface area contributed by atoms with Crippen molar-refractivity contribution in [2.75, 3.05) is 11.9 Å². The number of esters is 1. The van der Waals surface area contributed by atoms with Gasteiger partial charge in [-0.25, -0.2) is 4.98 Å². The number of nitrogens with one attached hydrogen (secondary N) is 1. The second-order valence-electron chi connectivity index (χ2n) is 7.13. The number of benzene rings is 1. The number of carbonyl (C=O) groups is 3. The lowest BCUT2D eigenvalue weighted by Gasteiger charge is -2.26. The predicted octanol–water partition coefficient (Wildman–Crippen LogP) is 3.25. The van der Waals surface area contributed by atoms with E-state index in [-0.39, 0.29) is 11.8 Å². The Bertz CT molecular complexity index is 907. The van der Waals surface area contributed by atoms with E-state index in [1.807, 2.05) is 18.7 Å². The third-order valence-electron chi connectivity index (χ3n) is 4.25. The van der Waals surface area contributed by atoms with Crippen LogP contribution >= 0.6 is 11.3 Å². The van der Waals surface area contributed by atoms with Crippen molar-refractivity contribution in [3.8, 4) is 5.75 Å².